The van der Waals surface area contributed by atoms with Crippen LogP contribution in [0.15, 0.2) is 0 Å². The molecule has 0 aliphatic carbocycles. The van der Waals surface area contributed by atoms with Crippen molar-refractivity contribution in [2.45, 2.75) is 83.0 Å². The highest BCUT2D eigenvalue weighted by Gasteiger charge is 2.58. The molecule has 3 nitrogen and oxygen atoms in total. The van der Waals surface area contributed by atoms with Gasteiger partial charge in [-0.25, -0.2) is 4.79 Å². The Morgan fingerprint density at radius 3 is 2.18 bits per heavy atom. The molecule has 0 saturated carbocycles. The Kier molecular flexibility index (Phi) is 4.84. The first-order valence-corrected chi connectivity index (χ1v) is 7.19. The van der Waals surface area contributed by atoms with Crippen LogP contribution in [0.2, 0.25) is 0 Å². The molecule has 98 valence electrons. The van der Waals surface area contributed by atoms with E-state index >= 15 is 0 Å². The molecule has 17 heavy (non-hydrogen) atoms. The third-order valence-corrected chi connectivity index (χ3v) is 3.73. The van der Waals surface area contributed by atoms with E-state index in [0.29, 0.717) is 0 Å². The predicted octanol–water partition coefficient (Wildman–Crippen LogP) is 3.21. The summed E-state index contributed by atoms with van der Waals surface area (Å²) in [5.74, 6) is -0.139. The molecular formula is C14H24O3. The number of hydrogen-bond donors (Lipinski definition) is 0. The summed E-state index contributed by atoms with van der Waals surface area (Å²) < 4.78 is 10.4. The number of esters is 1. The van der Waals surface area contributed by atoms with Crippen LogP contribution in [-0.4, -0.2) is 24.3 Å². The van der Waals surface area contributed by atoms with Crippen molar-refractivity contribution in [1.82, 2.24) is 0 Å². The highest BCUT2D eigenvalue weighted by Crippen LogP contribution is 2.37. The van der Waals surface area contributed by atoms with Gasteiger partial charge < -0.3 is 9.47 Å². The summed E-state index contributed by atoms with van der Waals surface area (Å²) in [5, 5.41) is 0. The van der Waals surface area contributed by atoms with Gasteiger partial charge in [0.1, 0.15) is 12.2 Å². The molecule has 2 aliphatic rings. The third kappa shape index (κ3) is 3.70. The average Bonchev–Trinajstić information content (AvgIpc) is 3.05. The average molecular weight is 240 g/mol. The summed E-state index contributed by atoms with van der Waals surface area (Å²) >= 11 is 0. The van der Waals surface area contributed by atoms with Crippen molar-refractivity contribution in [1.29, 1.82) is 0 Å². The third-order valence-electron chi connectivity index (χ3n) is 3.73. The quantitative estimate of drug-likeness (QED) is 0.353. The van der Waals surface area contributed by atoms with E-state index in [1.54, 1.807) is 0 Å². The van der Waals surface area contributed by atoms with Crippen molar-refractivity contribution in [3.63, 3.8) is 0 Å². The van der Waals surface area contributed by atoms with Crippen molar-refractivity contribution >= 4 is 5.97 Å². The monoisotopic (exact) mass is 240 g/mol. The second-order valence-corrected chi connectivity index (χ2v) is 5.26. The van der Waals surface area contributed by atoms with Crippen LogP contribution in [0.5, 0.6) is 0 Å². The van der Waals surface area contributed by atoms with E-state index < -0.39 is 0 Å². The van der Waals surface area contributed by atoms with E-state index in [4.69, 9.17) is 9.47 Å². The van der Waals surface area contributed by atoms with E-state index in [2.05, 4.69) is 6.92 Å². The Morgan fingerprint density at radius 1 is 1.00 bits per heavy atom. The van der Waals surface area contributed by atoms with Crippen LogP contribution in [0.3, 0.4) is 0 Å². The molecule has 0 spiro atoms. The molecule has 3 atom stereocenters. The summed E-state index contributed by atoms with van der Waals surface area (Å²) in [6.07, 6.45) is 11.5. The molecule has 3 heteroatoms. The lowest BCUT2D eigenvalue weighted by Crippen LogP contribution is -2.15. The molecule has 2 rings (SSSR count). The summed E-state index contributed by atoms with van der Waals surface area (Å²) in [5.41, 5.74) is 0. The molecule has 2 fully saturated rings. The fraction of sp³-hybridized carbons (Fsp3) is 0.929. The van der Waals surface area contributed by atoms with Gasteiger partial charge in [0.25, 0.3) is 0 Å². The summed E-state index contributed by atoms with van der Waals surface area (Å²) in [6, 6.07) is 0. The fourth-order valence-corrected chi connectivity index (χ4v) is 2.58. The zero-order chi connectivity index (χ0) is 12.1. The molecule has 2 heterocycles. The molecule has 0 bridgehead atoms. The van der Waals surface area contributed by atoms with Gasteiger partial charge >= 0.3 is 5.97 Å². The van der Waals surface area contributed by atoms with Gasteiger partial charge in [-0.15, -0.1) is 0 Å². The van der Waals surface area contributed by atoms with E-state index in [0.717, 1.165) is 12.8 Å². The molecule has 0 unspecified atom stereocenters. The van der Waals surface area contributed by atoms with Crippen LogP contribution in [-0.2, 0) is 14.3 Å². The number of hydrogen-bond acceptors (Lipinski definition) is 3. The first-order valence-electron chi connectivity index (χ1n) is 7.19. The van der Waals surface area contributed by atoms with Crippen LogP contribution in [0.1, 0.15) is 64.7 Å². The van der Waals surface area contributed by atoms with Crippen molar-refractivity contribution in [3.05, 3.63) is 0 Å². The van der Waals surface area contributed by atoms with Crippen LogP contribution < -0.4 is 0 Å². The summed E-state index contributed by atoms with van der Waals surface area (Å²) in [7, 11) is 0. The maximum Gasteiger partial charge on any atom is 0.338 e. The van der Waals surface area contributed by atoms with Gasteiger partial charge in [0.15, 0.2) is 6.10 Å². The van der Waals surface area contributed by atoms with Gasteiger partial charge in [0, 0.05) is 0 Å². The largest absolute Gasteiger partial charge is 0.457 e. The minimum Gasteiger partial charge on any atom is -0.457 e. The fourth-order valence-electron chi connectivity index (χ4n) is 2.58. The number of epoxide rings is 1. The Bertz CT molecular complexity index is 252. The van der Waals surface area contributed by atoms with E-state index in [1.807, 2.05) is 0 Å². The van der Waals surface area contributed by atoms with Crippen molar-refractivity contribution < 1.29 is 14.3 Å². The standard InChI is InChI=1S/C14H24O3/c1-2-3-4-5-6-7-8-9-10-11-12-13(17-12)14(15)16-11/h11-13H,2-10H2,1H3/t11-,12+,13+/m1/s1. The van der Waals surface area contributed by atoms with E-state index in [1.165, 1.54) is 44.9 Å². The Hall–Kier alpha value is -0.570. The van der Waals surface area contributed by atoms with E-state index in [9.17, 15) is 4.79 Å². The lowest BCUT2D eigenvalue weighted by molar-refractivity contribution is -0.149. The molecular weight excluding hydrogens is 216 g/mol. The SMILES string of the molecule is CCCCCCCCCC[C@H]1OC(=O)[C@H]2O[C@H]21. The van der Waals surface area contributed by atoms with Gasteiger partial charge in [-0.3, -0.25) is 0 Å². The van der Waals surface area contributed by atoms with Gasteiger partial charge in [0.05, 0.1) is 0 Å². The lowest BCUT2D eigenvalue weighted by Gasteiger charge is -2.10. The number of carbonyl (C=O) groups excluding carboxylic acids is 1. The zero-order valence-electron chi connectivity index (χ0n) is 10.8. The van der Waals surface area contributed by atoms with Crippen molar-refractivity contribution in [2.75, 3.05) is 0 Å². The zero-order valence-corrected chi connectivity index (χ0v) is 10.8. The molecule has 0 radical (unpaired) electrons. The number of carbonyl (C=O) groups is 1. The van der Waals surface area contributed by atoms with Gasteiger partial charge in [-0.1, -0.05) is 51.9 Å². The van der Waals surface area contributed by atoms with Gasteiger partial charge in [-0.2, -0.15) is 0 Å². The Morgan fingerprint density at radius 2 is 1.65 bits per heavy atom. The minimum absolute atomic E-state index is 0.0626. The van der Waals surface area contributed by atoms with Gasteiger partial charge in [0.2, 0.25) is 0 Å². The molecule has 0 aromatic rings. The topological polar surface area (TPSA) is 38.8 Å². The maximum absolute atomic E-state index is 11.1. The number of unbranched alkanes of at least 4 members (excludes halogenated alkanes) is 7. The predicted molar refractivity (Wildman–Crippen MR) is 65.8 cm³/mol. The molecule has 0 amide bonds. The smallest absolute Gasteiger partial charge is 0.338 e. The number of cyclic esters (lactones) is 1. The molecule has 2 saturated heterocycles. The lowest BCUT2D eigenvalue weighted by atomic mass is 10.0. The summed E-state index contributed by atoms with van der Waals surface area (Å²) in [6.45, 7) is 2.25. The second-order valence-electron chi connectivity index (χ2n) is 5.26. The molecule has 2 aliphatic heterocycles. The molecule has 0 N–H and O–H groups in total. The van der Waals surface area contributed by atoms with Crippen molar-refractivity contribution in [2.24, 2.45) is 0 Å². The molecule has 0 aromatic heterocycles. The minimum atomic E-state index is -0.200. The summed E-state index contributed by atoms with van der Waals surface area (Å²) in [4.78, 5) is 11.1. The highest BCUT2D eigenvalue weighted by atomic mass is 16.7. The second kappa shape index (κ2) is 6.39. The van der Waals surface area contributed by atoms with Crippen LogP contribution >= 0.6 is 0 Å². The normalized spacial score (nSPS) is 30.2. The van der Waals surface area contributed by atoms with Gasteiger partial charge in [-0.05, 0) is 12.8 Å². The van der Waals surface area contributed by atoms with Crippen LogP contribution in [0.4, 0.5) is 0 Å². The highest BCUT2D eigenvalue weighted by molar-refractivity contribution is 5.81. The Labute approximate surface area is 104 Å². The maximum atomic E-state index is 11.1. The molecule has 0 aromatic carbocycles. The van der Waals surface area contributed by atoms with Crippen LogP contribution in [0, 0.1) is 0 Å². The number of ether oxygens (including phenoxy) is 2. The van der Waals surface area contributed by atoms with E-state index in [-0.39, 0.29) is 24.3 Å². The first kappa shape index (κ1) is 12.9. The first-order chi connectivity index (χ1) is 8.33. The van der Waals surface area contributed by atoms with Crippen molar-refractivity contribution in [3.8, 4) is 0 Å². The Balaban J connectivity index is 1.41. The number of fused-ring (bicyclic) bond motifs is 1. The van der Waals surface area contributed by atoms with Crippen LogP contribution in [0.25, 0.3) is 0 Å². The number of rotatable bonds is 9.